The topological polar surface area (TPSA) is 159 Å². The van der Waals surface area contributed by atoms with E-state index in [0.29, 0.717) is 0 Å². The van der Waals surface area contributed by atoms with Crippen molar-refractivity contribution in [3.8, 4) is 0 Å². The third-order valence-corrected chi connectivity index (χ3v) is 4.01. The van der Waals surface area contributed by atoms with Gasteiger partial charge in [0.05, 0.1) is 12.7 Å². The molecule has 1 aromatic heterocycles. The van der Waals surface area contributed by atoms with Crippen LogP contribution in [-0.2, 0) is 13.8 Å². The van der Waals surface area contributed by atoms with E-state index < -0.39 is 50.0 Å². The maximum atomic E-state index is 14.6. The van der Waals surface area contributed by atoms with Crippen LogP contribution in [0.2, 0.25) is 0 Å². The zero-order valence-electron chi connectivity index (χ0n) is 12.7. The Hall–Kier alpha value is -1.97. The summed E-state index contributed by atoms with van der Waals surface area (Å²) in [5.41, 5.74) is 7.19. The molecule has 5 atom stereocenters. The first kappa shape index (κ1) is 18.4. The highest BCUT2D eigenvalue weighted by Crippen LogP contribution is 2.40. The van der Waals surface area contributed by atoms with E-state index in [9.17, 15) is 18.5 Å². The second-order valence-corrected chi connectivity index (χ2v) is 7.15. The fourth-order valence-corrected chi connectivity index (χ4v) is 2.67. The number of halogens is 1. The van der Waals surface area contributed by atoms with E-state index in [1.54, 1.807) is 0 Å². The Bertz CT molecular complexity index is 827. The van der Waals surface area contributed by atoms with Crippen molar-refractivity contribution in [2.24, 2.45) is 5.11 Å². The fraction of sp³-hybridized carbons (Fsp3) is 0.636. The number of azide groups is 1. The number of rotatable bonds is 5. The normalized spacial score (nSPS) is 29.0. The molecule has 0 spiro atoms. The lowest BCUT2D eigenvalue weighted by molar-refractivity contribution is -0.0375. The van der Waals surface area contributed by atoms with Crippen molar-refractivity contribution in [3.05, 3.63) is 43.0 Å². The third-order valence-electron chi connectivity index (χ3n) is 3.38. The Morgan fingerprint density at radius 1 is 1.62 bits per heavy atom. The van der Waals surface area contributed by atoms with Gasteiger partial charge >= 0.3 is 13.3 Å². The molecule has 0 aromatic carbocycles. The van der Waals surface area contributed by atoms with Crippen molar-refractivity contribution < 1.29 is 23.1 Å². The van der Waals surface area contributed by atoms with Gasteiger partial charge in [0.15, 0.2) is 12.4 Å². The number of nitrogens with one attached hydrogen (secondary N) is 1. The van der Waals surface area contributed by atoms with Gasteiger partial charge in [-0.15, -0.1) is 0 Å². The zero-order valence-corrected chi connectivity index (χ0v) is 13.6. The second-order valence-electron chi connectivity index (χ2n) is 5.28. The number of H-pyrrole nitrogens is 1. The van der Waals surface area contributed by atoms with Gasteiger partial charge < -0.3 is 14.2 Å². The lowest BCUT2D eigenvalue weighted by Gasteiger charge is -2.17. The van der Waals surface area contributed by atoms with Crippen molar-refractivity contribution in [3.63, 3.8) is 0 Å². The number of nitrogens with zero attached hydrogens (tertiary/aromatic N) is 4. The molecule has 0 bridgehead atoms. The molecule has 24 heavy (non-hydrogen) atoms. The summed E-state index contributed by atoms with van der Waals surface area (Å²) in [6, 6.07) is -1.37. The predicted octanol–water partition coefficient (Wildman–Crippen LogP) is 0.591. The number of aromatic nitrogens is 2. The number of aromatic amines is 1. The first-order valence-corrected chi connectivity index (χ1v) is 8.77. The van der Waals surface area contributed by atoms with E-state index in [0.717, 1.165) is 17.4 Å². The highest BCUT2D eigenvalue weighted by atomic mass is 31.2. The fourth-order valence-electron chi connectivity index (χ4n) is 2.25. The number of hydrogen-bond donors (Lipinski definition) is 2. The molecule has 132 valence electrons. The summed E-state index contributed by atoms with van der Waals surface area (Å²) < 4.78 is 36.6. The molecule has 1 fully saturated rings. The third kappa shape index (κ3) is 3.92. The number of hydrogen-bond acceptors (Lipinski definition) is 6. The smallest absolute Gasteiger partial charge is 0.330 e. The Morgan fingerprint density at radius 3 is 2.88 bits per heavy atom. The average Bonchev–Trinajstić information content (AvgIpc) is 2.78. The second kappa shape index (κ2) is 6.88. The molecule has 1 aliphatic rings. The molecule has 11 nitrogen and oxygen atoms in total. The van der Waals surface area contributed by atoms with Gasteiger partial charge in [-0.2, -0.15) is 0 Å². The van der Waals surface area contributed by atoms with Crippen LogP contribution >= 0.6 is 7.60 Å². The molecule has 0 saturated carbocycles. The van der Waals surface area contributed by atoms with Crippen LogP contribution in [0.15, 0.2) is 20.9 Å². The van der Waals surface area contributed by atoms with Gasteiger partial charge in [-0.05, 0) is 12.5 Å². The van der Waals surface area contributed by atoms with Crippen LogP contribution in [-0.4, -0.2) is 46.0 Å². The molecule has 0 aliphatic carbocycles. The number of alkyl halides is 1. The summed E-state index contributed by atoms with van der Waals surface area (Å²) in [5, 5.41) is 3.27. The highest BCUT2D eigenvalue weighted by molar-refractivity contribution is 7.51. The SMILES string of the molecule is Cc1cn([C@@H]2O[C@H](COP(C)(=O)O)[C@@H](N=[N+]=[N-])[C@@H]2F)c(=O)[nH]c1=O. The van der Waals surface area contributed by atoms with E-state index in [-0.39, 0.29) is 5.56 Å². The van der Waals surface area contributed by atoms with E-state index in [1.807, 2.05) is 4.98 Å². The molecule has 2 N–H and O–H groups in total. The van der Waals surface area contributed by atoms with E-state index in [1.165, 1.54) is 6.92 Å². The van der Waals surface area contributed by atoms with Crippen LogP contribution in [0.1, 0.15) is 11.8 Å². The molecule has 2 rings (SSSR count). The van der Waals surface area contributed by atoms with Crippen LogP contribution < -0.4 is 11.2 Å². The lowest BCUT2D eigenvalue weighted by Crippen LogP contribution is -2.36. The molecule has 2 heterocycles. The van der Waals surface area contributed by atoms with Crippen molar-refractivity contribution in [2.45, 2.75) is 31.5 Å². The maximum Gasteiger partial charge on any atom is 0.330 e. The molecule has 0 amide bonds. The van der Waals surface area contributed by atoms with Crippen molar-refractivity contribution in [1.29, 1.82) is 0 Å². The molecular weight excluding hydrogens is 348 g/mol. The van der Waals surface area contributed by atoms with E-state index in [4.69, 9.17) is 15.2 Å². The Morgan fingerprint density at radius 2 is 2.29 bits per heavy atom. The summed E-state index contributed by atoms with van der Waals surface area (Å²) in [6.45, 7) is 1.84. The van der Waals surface area contributed by atoms with Gasteiger partial charge in [0, 0.05) is 23.3 Å². The molecule has 1 aliphatic heterocycles. The summed E-state index contributed by atoms with van der Waals surface area (Å²) in [4.78, 5) is 36.9. The van der Waals surface area contributed by atoms with Crippen LogP contribution in [0.5, 0.6) is 0 Å². The summed E-state index contributed by atoms with van der Waals surface area (Å²) in [7, 11) is -3.85. The van der Waals surface area contributed by atoms with Gasteiger partial charge in [-0.3, -0.25) is 18.9 Å². The first-order chi connectivity index (χ1) is 11.1. The quantitative estimate of drug-likeness (QED) is 0.337. The standard InChI is InChI=1S/C11H15FN5O6P/c1-5-3-17(11(19)14-9(5)18)10-7(12)8(15-16-13)6(23-10)4-22-24(2,20)21/h3,6-8,10H,4H2,1-2H3,(H,20,21)(H,14,18,19)/t6-,7+,8-,10-/m1/s1. The van der Waals surface area contributed by atoms with Crippen LogP contribution in [0.25, 0.3) is 10.4 Å². The largest absolute Gasteiger partial charge is 0.349 e. The van der Waals surface area contributed by atoms with E-state index in [2.05, 4.69) is 14.5 Å². The zero-order chi connectivity index (χ0) is 18.1. The van der Waals surface area contributed by atoms with Gasteiger partial charge in [0.1, 0.15) is 6.04 Å². The van der Waals surface area contributed by atoms with Crippen LogP contribution in [0.3, 0.4) is 0 Å². The Kier molecular flexibility index (Phi) is 5.26. The summed E-state index contributed by atoms with van der Waals surface area (Å²) >= 11 is 0. The monoisotopic (exact) mass is 363 g/mol. The minimum absolute atomic E-state index is 0.152. The van der Waals surface area contributed by atoms with Crippen LogP contribution in [0.4, 0.5) is 4.39 Å². The number of ether oxygens (including phenoxy) is 1. The maximum absolute atomic E-state index is 14.6. The molecule has 0 radical (unpaired) electrons. The average molecular weight is 363 g/mol. The molecule has 1 unspecified atom stereocenters. The lowest BCUT2D eigenvalue weighted by atomic mass is 10.1. The molecule has 1 saturated heterocycles. The molecule has 13 heteroatoms. The van der Waals surface area contributed by atoms with Crippen molar-refractivity contribution in [2.75, 3.05) is 13.3 Å². The van der Waals surface area contributed by atoms with Gasteiger partial charge in [0.25, 0.3) is 5.56 Å². The van der Waals surface area contributed by atoms with Crippen molar-refractivity contribution >= 4 is 7.60 Å². The van der Waals surface area contributed by atoms with Gasteiger partial charge in [0.2, 0.25) is 0 Å². The Labute approximate surface area is 134 Å². The van der Waals surface area contributed by atoms with Gasteiger partial charge in [-0.1, -0.05) is 5.11 Å². The minimum atomic E-state index is -3.85. The molecule has 1 aromatic rings. The molecular formula is C11H15FN5O6P. The highest BCUT2D eigenvalue weighted by Gasteiger charge is 2.46. The minimum Gasteiger partial charge on any atom is -0.349 e. The first-order valence-electron chi connectivity index (χ1n) is 6.74. The van der Waals surface area contributed by atoms with Crippen LogP contribution in [0, 0.1) is 6.92 Å². The van der Waals surface area contributed by atoms with Crippen molar-refractivity contribution in [1.82, 2.24) is 9.55 Å². The summed E-state index contributed by atoms with van der Waals surface area (Å²) in [6.07, 6.45) is -3.47. The van der Waals surface area contributed by atoms with E-state index >= 15 is 0 Å². The predicted molar refractivity (Wildman–Crippen MR) is 79.5 cm³/mol. The Balaban J connectivity index is 2.34. The number of aryl methyl sites for hydroxylation is 1. The van der Waals surface area contributed by atoms with Gasteiger partial charge in [-0.25, -0.2) is 9.18 Å². The summed E-state index contributed by atoms with van der Waals surface area (Å²) in [5.74, 6) is 0.